The summed E-state index contributed by atoms with van der Waals surface area (Å²) >= 11 is 0. The topological polar surface area (TPSA) is 96.0 Å². The molecule has 0 aliphatic rings. The van der Waals surface area contributed by atoms with Crippen LogP contribution in [0.4, 0.5) is 0 Å². The van der Waals surface area contributed by atoms with Gasteiger partial charge in [0.15, 0.2) is 11.5 Å². The summed E-state index contributed by atoms with van der Waals surface area (Å²) in [6, 6.07) is 21.5. The standard InChI is InChI=1S/C23H15N7/c1-3-12-24-15(7-1)14-6-5-9-18-20(14)28-23(27-18)22-21-19(29-30-22)11-10-17(26-21)16-8-2-4-13-25-16/h1-13H,(H,27,28)(H,29,30). The molecule has 142 valence electrons. The third kappa shape index (κ3) is 2.64. The van der Waals surface area contributed by atoms with Crippen molar-refractivity contribution in [3.8, 4) is 34.2 Å². The first-order chi connectivity index (χ1) is 14.9. The van der Waals surface area contributed by atoms with Gasteiger partial charge in [-0.05, 0) is 42.5 Å². The predicted molar refractivity (Wildman–Crippen MR) is 115 cm³/mol. The largest absolute Gasteiger partial charge is 0.336 e. The molecule has 6 rings (SSSR count). The van der Waals surface area contributed by atoms with Gasteiger partial charge in [-0.2, -0.15) is 5.10 Å². The van der Waals surface area contributed by atoms with Gasteiger partial charge in [0.05, 0.1) is 33.6 Å². The van der Waals surface area contributed by atoms with Crippen LogP contribution in [0.2, 0.25) is 0 Å². The van der Waals surface area contributed by atoms with Crippen molar-refractivity contribution in [2.24, 2.45) is 0 Å². The Morgan fingerprint density at radius 1 is 0.600 bits per heavy atom. The molecule has 0 unspecified atom stereocenters. The number of rotatable bonds is 3. The summed E-state index contributed by atoms with van der Waals surface area (Å²) in [7, 11) is 0. The fourth-order valence-corrected chi connectivity index (χ4v) is 3.59. The van der Waals surface area contributed by atoms with E-state index in [1.807, 2.05) is 66.7 Å². The van der Waals surface area contributed by atoms with Crippen LogP contribution < -0.4 is 0 Å². The maximum atomic E-state index is 4.85. The number of aromatic amines is 2. The minimum Gasteiger partial charge on any atom is -0.336 e. The van der Waals surface area contributed by atoms with Gasteiger partial charge in [0.2, 0.25) is 0 Å². The summed E-state index contributed by atoms with van der Waals surface area (Å²) in [5.41, 5.74) is 7.48. The van der Waals surface area contributed by atoms with Gasteiger partial charge in [-0.1, -0.05) is 24.3 Å². The predicted octanol–water partition coefficient (Wildman–Crippen LogP) is 4.63. The molecule has 0 bridgehead atoms. The molecule has 2 N–H and O–H groups in total. The molecule has 0 aliphatic heterocycles. The maximum Gasteiger partial charge on any atom is 0.161 e. The fraction of sp³-hybridized carbons (Fsp3) is 0. The van der Waals surface area contributed by atoms with E-state index in [2.05, 4.69) is 25.1 Å². The molecule has 0 amide bonds. The quantitative estimate of drug-likeness (QED) is 0.460. The number of nitrogens with one attached hydrogen (secondary N) is 2. The number of pyridine rings is 3. The van der Waals surface area contributed by atoms with Gasteiger partial charge in [-0.15, -0.1) is 0 Å². The van der Waals surface area contributed by atoms with Gasteiger partial charge in [-0.3, -0.25) is 15.1 Å². The maximum absolute atomic E-state index is 4.85. The number of para-hydroxylation sites is 1. The highest BCUT2D eigenvalue weighted by molar-refractivity contribution is 5.95. The summed E-state index contributed by atoms with van der Waals surface area (Å²) in [6.07, 6.45) is 3.54. The fourth-order valence-electron chi connectivity index (χ4n) is 3.59. The number of hydrogen-bond donors (Lipinski definition) is 2. The normalized spacial score (nSPS) is 11.3. The molecule has 7 nitrogen and oxygen atoms in total. The Morgan fingerprint density at radius 2 is 1.43 bits per heavy atom. The monoisotopic (exact) mass is 389 g/mol. The summed E-state index contributed by atoms with van der Waals surface area (Å²) in [4.78, 5) is 21.9. The summed E-state index contributed by atoms with van der Waals surface area (Å²) < 4.78 is 0. The molecule has 0 atom stereocenters. The van der Waals surface area contributed by atoms with Crippen LogP contribution in [0.3, 0.4) is 0 Å². The first kappa shape index (κ1) is 16.6. The zero-order valence-electron chi connectivity index (χ0n) is 15.7. The first-order valence-electron chi connectivity index (χ1n) is 9.54. The number of aromatic nitrogens is 7. The van der Waals surface area contributed by atoms with Crippen molar-refractivity contribution in [2.75, 3.05) is 0 Å². The number of benzene rings is 1. The van der Waals surface area contributed by atoms with Gasteiger partial charge in [0, 0.05) is 18.0 Å². The van der Waals surface area contributed by atoms with Crippen LogP contribution in [0.5, 0.6) is 0 Å². The molecule has 7 heteroatoms. The molecule has 1 aromatic carbocycles. The Labute approximate surface area is 170 Å². The zero-order valence-corrected chi connectivity index (χ0v) is 15.7. The van der Waals surface area contributed by atoms with Crippen molar-refractivity contribution in [2.45, 2.75) is 0 Å². The SMILES string of the molecule is c1ccc(-c2ccc3[nH]nc(-c4nc5c(-c6ccccn6)cccc5[nH]4)c3n2)nc1. The first-order valence-corrected chi connectivity index (χ1v) is 9.54. The van der Waals surface area contributed by atoms with Crippen LogP contribution in [0.1, 0.15) is 0 Å². The van der Waals surface area contributed by atoms with E-state index in [9.17, 15) is 0 Å². The van der Waals surface area contributed by atoms with Crippen molar-refractivity contribution in [3.63, 3.8) is 0 Å². The van der Waals surface area contributed by atoms with Gasteiger partial charge >= 0.3 is 0 Å². The van der Waals surface area contributed by atoms with Crippen molar-refractivity contribution >= 4 is 22.1 Å². The minimum absolute atomic E-state index is 0.658. The lowest BCUT2D eigenvalue weighted by Crippen LogP contribution is -1.88. The Balaban J connectivity index is 1.52. The van der Waals surface area contributed by atoms with Crippen LogP contribution in [-0.2, 0) is 0 Å². The third-order valence-electron chi connectivity index (χ3n) is 5.01. The third-order valence-corrected chi connectivity index (χ3v) is 5.01. The lowest BCUT2D eigenvalue weighted by atomic mass is 10.1. The molecule has 0 saturated carbocycles. The Morgan fingerprint density at radius 3 is 2.23 bits per heavy atom. The van der Waals surface area contributed by atoms with Crippen LogP contribution in [0, 0.1) is 0 Å². The summed E-state index contributed by atoms with van der Waals surface area (Å²) in [6.45, 7) is 0. The molecule has 0 spiro atoms. The second-order valence-electron chi connectivity index (χ2n) is 6.88. The van der Waals surface area contributed by atoms with Gasteiger partial charge in [0.1, 0.15) is 5.52 Å². The lowest BCUT2D eigenvalue weighted by molar-refractivity contribution is 1.10. The lowest BCUT2D eigenvalue weighted by Gasteiger charge is -2.00. The highest BCUT2D eigenvalue weighted by Gasteiger charge is 2.17. The average molecular weight is 389 g/mol. The van der Waals surface area contributed by atoms with Crippen LogP contribution >= 0.6 is 0 Å². The summed E-state index contributed by atoms with van der Waals surface area (Å²) in [5, 5.41) is 7.53. The van der Waals surface area contributed by atoms with E-state index in [0.29, 0.717) is 11.5 Å². The average Bonchev–Trinajstić information content (AvgIpc) is 3.43. The number of hydrogen-bond acceptors (Lipinski definition) is 5. The van der Waals surface area contributed by atoms with Gasteiger partial charge < -0.3 is 4.98 Å². The van der Waals surface area contributed by atoms with E-state index in [-0.39, 0.29) is 0 Å². The molecule has 5 heterocycles. The van der Waals surface area contributed by atoms with E-state index in [1.165, 1.54) is 0 Å². The van der Waals surface area contributed by atoms with Crippen molar-refractivity contribution in [1.29, 1.82) is 0 Å². The molecule has 30 heavy (non-hydrogen) atoms. The van der Waals surface area contributed by atoms with E-state index >= 15 is 0 Å². The van der Waals surface area contributed by atoms with Crippen LogP contribution in [-0.4, -0.2) is 35.1 Å². The van der Waals surface area contributed by atoms with E-state index < -0.39 is 0 Å². The molecule has 0 radical (unpaired) electrons. The molecule has 0 aliphatic carbocycles. The Kier molecular flexibility index (Phi) is 3.64. The number of fused-ring (bicyclic) bond motifs is 2. The molecular weight excluding hydrogens is 374 g/mol. The van der Waals surface area contributed by atoms with E-state index in [0.717, 1.165) is 44.7 Å². The van der Waals surface area contributed by atoms with Gasteiger partial charge in [-0.25, -0.2) is 9.97 Å². The summed E-state index contributed by atoms with van der Waals surface area (Å²) in [5.74, 6) is 0.658. The minimum atomic E-state index is 0.658. The van der Waals surface area contributed by atoms with E-state index in [4.69, 9.17) is 9.97 Å². The van der Waals surface area contributed by atoms with E-state index in [1.54, 1.807) is 12.4 Å². The van der Waals surface area contributed by atoms with Crippen LogP contribution in [0.25, 0.3) is 56.2 Å². The molecular formula is C23H15N7. The second-order valence-corrected chi connectivity index (χ2v) is 6.88. The Bertz CT molecular complexity index is 1480. The smallest absolute Gasteiger partial charge is 0.161 e. The number of nitrogens with zero attached hydrogens (tertiary/aromatic N) is 5. The van der Waals surface area contributed by atoms with Crippen LogP contribution in [0.15, 0.2) is 79.1 Å². The molecule has 5 aromatic heterocycles. The Hall–Kier alpha value is -4.39. The van der Waals surface area contributed by atoms with Crippen molar-refractivity contribution in [1.82, 2.24) is 35.1 Å². The second kappa shape index (κ2) is 6.59. The highest BCUT2D eigenvalue weighted by atomic mass is 15.1. The zero-order chi connectivity index (χ0) is 19.9. The van der Waals surface area contributed by atoms with Crippen molar-refractivity contribution in [3.05, 3.63) is 79.1 Å². The van der Waals surface area contributed by atoms with Crippen molar-refractivity contribution < 1.29 is 0 Å². The van der Waals surface area contributed by atoms with Gasteiger partial charge in [0.25, 0.3) is 0 Å². The molecule has 6 aromatic rings. The number of imidazole rings is 1. The number of H-pyrrole nitrogens is 2. The molecule has 0 saturated heterocycles. The highest BCUT2D eigenvalue weighted by Crippen LogP contribution is 2.30. The molecule has 0 fully saturated rings.